The van der Waals surface area contributed by atoms with Crippen LogP contribution in [0.4, 0.5) is 5.69 Å². The monoisotopic (exact) mass is 239 g/mol. The minimum absolute atomic E-state index is 0.0172. The highest BCUT2D eigenvalue weighted by Crippen LogP contribution is 2.42. The van der Waals surface area contributed by atoms with E-state index in [9.17, 15) is 14.3 Å². The molecular formula is C11H14NO3P. The van der Waals surface area contributed by atoms with Gasteiger partial charge < -0.3 is 9.79 Å². The molecular weight excluding hydrogens is 225 g/mol. The van der Waals surface area contributed by atoms with Crippen LogP contribution < -0.4 is 10.2 Å². The number of hydrogen-bond acceptors (Lipinski definition) is 2. The highest BCUT2D eigenvalue weighted by atomic mass is 31.2. The highest BCUT2D eigenvalue weighted by molar-refractivity contribution is 7.66. The van der Waals surface area contributed by atoms with Crippen LogP contribution in [-0.2, 0) is 9.36 Å². The molecule has 1 amide bonds. The van der Waals surface area contributed by atoms with E-state index in [4.69, 9.17) is 0 Å². The van der Waals surface area contributed by atoms with Gasteiger partial charge in [0.25, 0.3) is 0 Å². The van der Waals surface area contributed by atoms with Crippen LogP contribution in [0, 0.1) is 0 Å². The summed E-state index contributed by atoms with van der Waals surface area (Å²) in [6, 6.07) is 6.86. The lowest BCUT2D eigenvalue weighted by Gasteiger charge is -2.32. The van der Waals surface area contributed by atoms with E-state index >= 15 is 0 Å². The molecule has 1 unspecified atom stereocenters. The average molecular weight is 239 g/mol. The third-order valence-corrected chi connectivity index (χ3v) is 4.82. The molecule has 0 saturated carbocycles. The fourth-order valence-electron chi connectivity index (χ4n) is 1.73. The van der Waals surface area contributed by atoms with E-state index in [-0.39, 0.29) is 12.1 Å². The number of para-hydroxylation sites is 1. The Morgan fingerprint density at radius 1 is 1.44 bits per heavy atom. The van der Waals surface area contributed by atoms with Crippen LogP contribution in [0.25, 0.3) is 0 Å². The number of anilines is 1. The summed E-state index contributed by atoms with van der Waals surface area (Å²) in [6.45, 7) is 2.31. The van der Waals surface area contributed by atoms with Gasteiger partial charge in [0.1, 0.15) is 0 Å². The number of amides is 1. The molecule has 1 heterocycles. The smallest absolute Gasteiger partial charge is 0.231 e. The number of rotatable bonds is 3. The molecule has 1 aliphatic heterocycles. The second-order valence-corrected chi connectivity index (χ2v) is 6.32. The molecule has 0 aliphatic carbocycles. The Morgan fingerprint density at radius 2 is 2.12 bits per heavy atom. The van der Waals surface area contributed by atoms with Gasteiger partial charge in [0.05, 0.1) is 11.0 Å². The Hall–Kier alpha value is -1.12. The van der Waals surface area contributed by atoms with Crippen LogP contribution in [-0.4, -0.2) is 23.5 Å². The van der Waals surface area contributed by atoms with E-state index in [0.29, 0.717) is 24.0 Å². The Bertz CT molecular complexity index is 472. The molecule has 0 spiro atoms. The minimum Gasteiger partial charge on any atom is -0.341 e. The molecule has 0 radical (unpaired) electrons. The normalized spacial score (nSPS) is 19.1. The van der Waals surface area contributed by atoms with Crippen molar-refractivity contribution in [3.05, 3.63) is 24.3 Å². The Morgan fingerprint density at radius 3 is 2.62 bits per heavy atom. The van der Waals surface area contributed by atoms with E-state index < -0.39 is 7.37 Å². The SMILES string of the molecule is CCP(=O)(O)c1ccccc1N1CCC1=O. The van der Waals surface area contributed by atoms with E-state index in [2.05, 4.69) is 0 Å². The summed E-state index contributed by atoms with van der Waals surface area (Å²) in [5, 5.41) is 0.394. The third kappa shape index (κ3) is 1.79. The van der Waals surface area contributed by atoms with Crippen molar-refractivity contribution < 1.29 is 14.3 Å². The van der Waals surface area contributed by atoms with Crippen LogP contribution in [0.1, 0.15) is 13.3 Å². The van der Waals surface area contributed by atoms with Gasteiger partial charge in [0.2, 0.25) is 13.3 Å². The quantitative estimate of drug-likeness (QED) is 0.639. The molecule has 4 nitrogen and oxygen atoms in total. The summed E-state index contributed by atoms with van der Waals surface area (Å²) in [4.78, 5) is 22.8. The van der Waals surface area contributed by atoms with Crippen molar-refractivity contribution in [1.82, 2.24) is 0 Å². The Kier molecular flexibility index (Phi) is 2.87. The topological polar surface area (TPSA) is 57.6 Å². The van der Waals surface area contributed by atoms with Gasteiger partial charge in [-0.25, -0.2) is 0 Å². The summed E-state index contributed by atoms with van der Waals surface area (Å²) < 4.78 is 12.0. The molecule has 1 fully saturated rings. The summed E-state index contributed by atoms with van der Waals surface area (Å²) >= 11 is 0. The first-order valence-electron chi connectivity index (χ1n) is 5.28. The standard InChI is InChI=1S/C11H14NO3P/c1-2-16(14,15)10-6-4-3-5-9(10)12-8-7-11(12)13/h3-6H,2,7-8H2,1H3,(H,14,15). The number of β-lactam (4-membered cyclic amide) rings is 1. The summed E-state index contributed by atoms with van der Waals surface area (Å²) in [6.07, 6.45) is 0.711. The van der Waals surface area contributed by atoms with Gasteiger partial charge in [0, 0.05) is 19.1 Å². The van der Waals surface area contributed by atoms with Crippen LogP contribution >= 0.6 is 7.37 Å². The van der Waals surface area contributed by atoms with E-state index in [1.807, 2.05) is 0 Å². The van der Waals surface area contributed by atoms with Gasteiger partial charge >= 0.3 is 0 Å². The second kappa shape index (κ2) is 4.04. The van der Waals surface area contributed by atoms with E-state index in [0.717, 1.165) is 0 Å². The molecule has 5 heteroatoms. The largest absolute Gasteiger partial charge is 0.341 e. The van der Waals surface area contributed by atoms with Crippen molar-refractivity contribution in [3.63, 3.8) is 0 Å². The zero-order chi connectivity index (χ0) is 11.8. The number of hydrogen-bond donors (Lipinski definition) is 1. The van der Waals surface area contributed by atoms with Crippen molar-refractivity contribution in [1.29, 1.82) is 0 Å². The van der Waals surface area contributed by atoms with Crippen LogP contribution in [0.15, 0.2) is 24.3 Å². The second-order valence-electron chi connectivity index (χ2n) is 3.80. The molecule has 1 aliphatic rings. The number of carbonyl (C=O) groups excluding carboxylic acids is 1. The van der Waals surface area contributed by atoms with Crippen LogP contribution in [0.5, 0.6) is 0 Å². The van der Waals surface area contributed by atoms with Gasteiger partial charge in [-0.1, -0.05) is 19.1 Å². The fourth-order valence-corrected chi connectivity index (χ4v) is 2.94. The third-order valence-electron chi connectivity index (χ3n) is 2.83. The van der Waals surface area contributed by atoms with Crippen molar-refractivity contribution in [2.24, 2.45) is 0 Å². The zero-order valence-electron chi connectivity index (χ0n) is 9.09. The summed E-state index contributed by atoms with van der Waals surface area (Å²) in [5.41, 5.74) is 0.589. The molecule has 1 aromatic carbocycles. The summed E-state index contributed by atoms with van der Waals surface area (Å²) in [7, 11) is -3.32. The Balaban J connectivity index is 2.46. The number of carbonyl (C=O) groups is 1. The van der Waals surface area contributed by atoms with E-state index in [1.165, 1.54) is 0 Å². The maximum atomic E-state index is 12.0. The maximum absolute atomic E-state index is 12.0. The van der Waals surface area contributed by atoms with Crippen molar-refractivity contribution in [2.45, 2.75) is 13.3 Å². The minimum atomic E-state index is -3.32. The van der Waals surface area contributed by atoms with Gasteiger partial charge in [-0.2, -0.15) is 0 Å². The molecule has 1 saturated heterocycles. The van der Waals surface area contributed by atoms with Crippen LogP contribution in [0.2, 0.25) is 0 Å². The van der Waals surface area contributed by atoms with Gasteiger partial charge in [0.15, 0.2) is 0 Å². The number of benzene rings is 1. The average Bonchev–Trinajstić information content (AvgIpc) is 2.27. The molecule has 2 rings (SSSR count). The molecule has 1 N–H and O–H groups in total. The number of nitrogens with zero attached hydrogens (tertiary/aromatic N) is 1. The van der Waals surface area contributed by atoms with Crippen molar-refractivity contribution in [3.8, 4) is 0 Å². The molecule has 1 aromatic rings. The predicted molar refractivity (Wildman–Crippen MR) is 63.4 cm³/mol. The summed E-state index contributed by atoms with van der Waals surface area (Å²) in [5.74, 6) is 0.0172. The van der Waals surface area contributed by atoms with Crippen molar-refractivity contribution >= 4 is 24.3 Å². The van der Waals surface area contributed by atoms with Crippen molar-refractivity contribution in [2.75, 3.05) is 17.6 Å². The highest BCUT2D eigenvalue weighted by Gasteiger charge is 2.31. The first-order valence-corrected chi connectivity index (χ1v) is 7.12. The zero-order valence-corrected chi connectivity index (χ0v) is 9.98. The molecule has 0 aromatic heterocycles. The molecule has 86 valence electrons. The lowest BCUT2D eigenvalue weighted by molar-refractivity contribution is -0.122. The molecule has 0 bridgehead atoms. The van der Waals surface area contributed by atoms with E-state index in [1.54, 1.807) is 36.1 Å². The first-order chi connectivity index (χ1) is 7.56. The van der Waals surface area contributed by atoms with Gasteiger partial charge in [-0.05, 0) is 12.1 Å². The van der Waals surface area contributed by atoms with Gasteiger partial charge in [-0.3, -0.25) is 9.36 Å². The predicted octanol–water partition coefficient (Wildman–Crippen LogP) is 1.34. The lowest BCUT2D eigenvalue weighted by atomic mass is 10.1. The fraction of sp³-hybridized carbons (Fsp3) is 0.364. The molecule has 1 atom stereocenters. The van der Waals surface area contributed by atoms with Crippen LogP contribution in [0.3, 0.4) is 0 Å². The first kappa shape index (κ1) is 11.4. The maximum Gasteiger partial charge on any atom is 0.231 e. The van der Waals surface area contributed by atoms with Gasteiger partial charge in [-0.15, -0.1) is 0 Å². The lowest BCUT2D eigenvalue weighted by Crippen LogP contribution is -2.45. The molecule has 16 heavy (non-hydrogen) atoms. The Labute approximate surface area is 94.3 Å².